The first-order valence-corrected chi connectivity index (χ1v) is 18.5. The van der Waals surface area contributed by atoms with Crippen LogP contribution in [-0.2, 0) is 0 Å². The number of carbonyl (C=O) groups is 1. The molecule has 0 radical (unpaired) electrons. The third kappa shape index (κ3) is 7.00. The summed E-state index contributed by atoms with van der Waals surface area (Å²) in [5.41, 5.74) is 6.55. The molecule has 0 spiro atoms. The first-order valence-electron chi connectivity index (χ1n) is 18.5. The van der Waals surface area contributed by atoms with E-state index in [-0.39, 0.29) is 11.4 Å². The normalized spacial score (nSPS) is 14.7. The van der Waals surface area contributed by atoms with E-state index in [9.17, 15) is 22.4 Å². The van der Waals surface area contributed by atoms with Gasteiger partial charge in [-0.15, -0.1) is 20.4 Å². The van der Waals surface area contributed by atoms with Crippen LogP contribution in [0.4, 0.5) is 40.3 Å². The molecule has 0 amide bonds. The minimum atomic E-state index is -0.629. The van der Waals surface area contributed by atoms with E-state index in [1.165, 1.54) is 24.3 Å². The maximum Gasteiger partial charge on any atom is 0.234 e. The second-order valence-electron chi connectivity index (χ2n) is 13.9. The summed E-state index contributed by atoms with van der Waals surface area (Å²) in [6.45, 7) is 7.47. The van der Waals surface area contributed by atoms with Crippen LogP contribution in [0, 0.1) is 37.1 Å². The van der Waals surface area contributed by atoms with Crippen LogP contribution in [-0.4, -0.2) is 78.5 Å². The van der Waals surface area contributed by atoms with Gasteiger partial charge in [-0.1, -0.05) is 60.7 Å². The van der Waals surface area contributed by atoms with Crippen LogP contribution in [0.25, 0.3) is 22.5 Å². The number of halogens is 4. The van der Waals surface area contributed by atoms with Crippen LogP contribution in [0.5, 0.6) is 0 Å². The van der Waals surface area contributed by atoms with Crippen molar-refractivity contribution in [2.45, 2.75) is 13.8 Å². The van der Waals surface area contributed by atoms with Crippen molar-refractivity contribution in [3.05, 3.63) is 143 Å². The molecule has 9 nitrogen and oxygen atoms in total. The predicted octanol–water partition coefficient (Wildman–Crippen LogP) is 7.66. The number of aromatic nitrogens is 4. The molecule has 0 saturated carbocycles. The van der Waals surface area contributed by atoms with Crippen molar-refractivity contribution in [1.82, 2.24) is 20.4 Å². The van der Waals surface area contributed by atoms with Crippen molar-refractivity contribution < 1.29 is 22.4 Å². The van der Waals surface area contributed by atoms with Gasteiger partial charge < -0.3 is 19.6 Å². The maximum absolute atomic E-state index is 14.7. The summed E-state index contributed by atoms with van der Waals surface area (Å²) in [6, 6.07) is 26.4. The van der Waals surface area contributed by atoms with Crippen molar-refractivity contribution in [3.63, 3.8) is 0 Å². The second-order valence-corrected chi connectivity index (χ2v) is 13.9. The first-order chi connectivity index (χ1) is 27.2. The van der Waals surface area contributed by atoms with Crippen LogP contribution in [0.3, 0.4) is 0 Å². The zero-order valence-corrected chi connectivity index (χ0v) is 30.9. The smallest absolute Gasteiger partial charge is 0.234 e. The number of hydrogen-bond acceptors (Lipinski definition) is 9. The Morgan fingerprint density at radius 1 is 0.482 bits per heavy atom. The third-order valence-electron chi connectivity index (χ3n) is 10.6. The fourth-order valence-electron chi connectivity index (χ4n) is 7.74. The van der Waals surface area contributed by atoms with Gasteiger partial charge in [-0.05, 0) is 38.1 Å². The Morgan fingerprint density at radius 3 is 1.20 bits per heavy atom. The van der Waals surface area contributed by atoms with Crippen LogP contribution in [0.15, 0.2) is 97.1 Å². The van der Waals surface area contributed by atoms with Crippen molar-refractivity contribution in [2.24, 2.45) is 0 Å². The SMILES string of the molecule is Cc1c(C(=O)c2nnc(-c3ccccc3)c(N3CCN(c4ccc(F)cc4F)CC3)c2C)nnc(-c2ccccc2)c1N1CCN(c2ccc(F)cc2F)CC1. The predicted molar refractivity (Wildman–Crippen MR) is 209 cm³/mol. The van der Waals surface area contributed by atoms with Gasteiger partial charge in [0.15, 0.2) is 0 Å². The Hall–Kier alpha value is -6.37. The molecular weight excluding hydrogens is 721 g/mol. The number of carbonyl (C=O) groups excluding carboxylic acids is 1. The lowest BCUT2D eigenvalue weighted by molar-refractivity contribution is 0.102. The van der Waals surface area contributed by atoms with Gasteiger partial charge >= 0.3 is 0 Å². The molecule has 0 unspecified atom stereocenters. The van der Waals surface area contributed by atoms with Crippen LogP contribution in [0.2, 0.25) is 0 Å². The van der Waals surface area contributed by atoms with Crippen molar-refractivity contribution >= 4 is 28.5 Å². The molecule has 2 aliphatic heterocycles. The Balaban J connectivity index is 1.14. The van der Waals surface area contributed by atoms with Gasteiger partial charge in [0.2, 0.25) is 5.78 Å². The Kier molecular flexibility index (Phi) is 10.1. The van der Waals surface area contributed by atoms with Gasteiger partial charge in [0.25, 0.3) is 0 Å². The average Bonchev–Trinajstić information content (AvgIpc) is 3.21. The summed E-state index contributed by atoms with van der Waals surface area (Å²) in [5, 5.41) is 18.3. The lowest BCUT2D eigenvalue weighted by atomic mass is 9.98. The van der Waals surface area contributed by atoms with Gasteiger partial charge in [-0.25, -0.2) is 17.6 Å². The molecule has 4 aromatic carbocycles. The molecule has 6 aromatic rings. The lowest BCUT2D eigenvalue weighted by Crippen LogP contribution is -2.47. The van der Waals surface area contributed by atoms with Gasteiger partial charge in [-0.3, -0.25) is 4.79 Å². The van der Waals surface area contributed by atoms with E-state index in [2.05, 4.69) is 30.2 Å². The molecule has 4 heterocycles. The van der Waals surface area contributed by atoms with Gasteiger partial charge in [0.05, 0.1) is 22.7 Å². The maximum atomic E-state index is 14.7. The van der Waals surface area contributed by atoms with Crippen molar-refractivity contribution in [2.75, 3.05) is 72.0 Å². The van der Waals surface area contributed by atoms with Gasteiger partial charge in [0, 0.05) is 86.7 Å². The Morgan fingerprint density at radius 2 is 0.839 bits per heavy atom. The number of benzene rings is 4. The highest BCUT2D eigenvalue weighted by atomic mass is 19.1. The quantitative estimate of drug-likeness (QED) is 0.115. The molecule has 0 N–H and O–H groups in total. The van der Waals surface area contributed by atoms with E-state index in [0.29, 0.717) is 86.2 Å². The minimum absolute atomic E-state index is 0.138. The first kappa shape index (κ1) is 36.6. The summed E-state index contributed by atoms with van der Waals surface area (Å²) in [5.74, 6) is -2.92. The van der Waals surface area contributed by atoms with Gasteiger partial charge in [-0.2, -0.15) is 0 Å². The summed E-state index contributed by atoms with van der Waals surface area (Å²) >= 11 is 0. The van der Waals surface area contributed by atoms with Crippen LogP contribution in [0.1, 0.15) is 27.3 Å². The molecule has 0 bridgehead atoms. The number of piperazine rings is 2. The minimum Gasteiger partial charge on any atom is -0.366 e. The average molecular weight is 759 g/mol. The van der Waals surface area contributed by atoms with Crippen LogP contribution < -0.4 is 19.6 Å². The van der Waals surface area contributed by atoms with Crippen LogP contribution >= 0.6 is 0 Å². The van der Waals surface area contributed by atoms with Crippen molar-refractivity contribution in [1.29, 1.82) is 0 Å². The topological polar surface area (TPSA) is 81.6 Å². The molecule has 8 rings (SSSR count). The highest BCUT2D eigenvalue weighted by molar-refractivity contribution is 6.10. The number of hydrogen-bond donors (Lipinski definition) is 0. The second kappa shape index (κ2) is 15.4. The molecule has 284 valence electrons. The molecular formula is C43H38F4N8O. The zero-order valence-electron chi connectivity index (χ0n) is 30.9. The lowest BCUT2D eigenvalue weighted by Gasteiger charge is -2.39. The van der Waals surface area contributed by atoms with E-state index < -0.39 is 29.1 Å². The molecule has 2 aromatic heterocycles. The standard InChI is InChI=1S/C43H38F4N8O/c1-27-37(48-50-39(29-9-5-3-6-10-29)41(27)54-21-17-52(18-22-54)35-15-13-31(44)25-33(35)46)43(56)38-28(2)42(40(51-49-38)30-11-7-4-8-12-30)55-23-19-53(20-24-55)36-16-14-32(45)26-34(36)47/h3-16,25-26H,17-24H2,1-2H3. The number of nitrogens with zero attached hydrogens (tertiary/aromatic N) is 8. The summed E-state index contributed by atoms with van der Waals surface area (Å²) in [4.78, 5) is 22.7. The zero-order chi connectivity index (χ0) is 38.9. The number of rotatable bonds is 8. The van der Waals surface area contributed by atoms with E-state index in [1.54, 1.807) is 0 Å². The Bertz CT molecular complexity index is 2230. The summed E-state index contributed by atoms with van der Waals surface area (Å²) in [6.07, 6.45) is 0. The fourth-order valence-corrected chi connectivity index (χ4v) is 7.74. The number of anilines is 4. The van der Waals surface area contributed by atoms with Crippen molar-refractivity contribution in [3.8, 4) is 22.5 Å². The van der Waals surface area contributed by atoms with E-state index in [0.717, 1.165) is 34.6 Å². The van der Waals surface area contributed by atoms with E-state index in [1.807, 2.05) is 84.3 Å². The van der Waals surface area contributed by atoms with E-state index >= 15 is 0 Å². The van der Waals surface area contributed by atoms with E-state index in [4.69, 9.17) is 0 Å². The highest BCUT2D eigenvalue weighted by Gasteiger charge is 2.31. The molecule has 0 atom stereocenters. The molecule has 0 aliphatic carbocycles. The third-order valence-corrected chi connectivity index (χ3v) is 10.6. The fraction of sp³-hybridized carbons (Fsp3) is 0.233. The molecule has 2 fully saturated rings. The highest BCUT2D eigenvalue weighted by Crippen LogP contribution is 2.38. The molecule has 13 heteroatoms. The Labute approximate surface area is 321 Å². The number of ketones is 1. The monoisotopic (exact) mass is 758 g/mol. The summed E-state index contributed by atoms with van der Waals surface area (Å²) in [7, 11) is 0. The largest absolute Gasteiger partial charge is 0.366 e. The molecule has 2 aliphatic rings. The van der Waals surface area contributed by atoms with Gasteiger partial charge in [0.1, 0.15) is 46.0 Å². The summed E-state index contributed by atoms with van der Waals surface area (Å²) < 4.78 is 56.8. The molecule has 56 heavy (non-hydrogen) atoms. The molecule has 2 saturated heterocycles.